The zero-order chi connectivity index (χ0) is 17.2. The molecule has 2 aromatic heterocycles. The number of pyridine rings is 1. The molecule has 0 atom stereocenters. The molecule has 128 valence electrons. The van der Waals surface area contributed by atoms with Crippen LogP contribution in [0.4, 0.5) is 0 Å². The molecule has 1 N–H and O–H groups in total. The SMILES string of the molecule is Cc1cncc(-c2nc3ccc(C(=O)NC4CCOCC4)cc3s2)c1. The highest BCUT2D eigenvalue weighted by Gasteiger charge is 2.17. The highest BCUT2D eigenvalue weighted by molar-refractivity contribution is 7.21. The third-order valence-electron chi connectivity index (χ3n) is 4.33. The van der Waals surface area contributed by atoms with E-state index in [1.54, 1.807) is 11.3 Å². The molecule has 5 nitrogen and oxygen atoms in total. The van der Waals surface area contributed by atoms with Crippen molar-refractivity contribution in [1.29, 1.82) is 0 Å². The van der Waals surface area contributed by atoms with Gasteiger partial charge < -0.3 is 10.1 Å². The summed E-state index contributed by atoms with van der Waals surface area (Å²) in [4.78, 5) is 21.4. The lowest BCUT2D eigenvalue weighted by Crippen LogP contribution is -2.38. The van der Waals surface area contributed by atoms with Crippen LogP contribution in [-0.4, -0.2) is 35.1 Å². The molecular weight excluding hydrogens is 334 g/mol. The van der Waals surface area contributed by atoms with E-state index in [0.29, 0.717) is 18.8 Å². The van der Waals surface area contributed by atoms with Crippen molar-refractivity contribution in [2.45, 2.75) is 25.8 Å². The number of carbonyl (C=O) groups excluding carboxylic acids is 1. The van der Waals surface area contributed by atoms with E-state index in [-0.39, 0.29) is 11.9 Å². The molecular formula is C19H19N3O2S. The second-order valence-electron chi connectivity index (χ2n) is 6.31. The molecule has 0 bridgehead atoms. The number of nitrogens with one attached hydrogen (secondary N) is 1. The van der Waals surface area contributed by atoms with E-state index in [1.807, 2.05) is 37.5 Å². The van der Waals surface area contributed by atoms with Crippen LogP contribution in [0.5, 0.6) is 0 Å². The number of rotatable bonds is 3. The van der Waals surface area contributed by atoms with Gasteiger partial charge in [0.15, 0.2) is 0 Å². The van der Waals surface area contributed by atoms with Crippen molar-refractivity contribution >= 4 is 27.5 Å². The molecule has 3 aromatic rings. The first-order valence-electron chi connectivity index (χ1n) is 8.40. The second kappa shape index (κ2) is 6.90. The van der Waals surface area contributed by atoms with Crippen LogP contribution in [0.15, 0.2) is 36.7 Å². The summed E-state index contributed by atoms with van der Waals surface area (Å²) < 4.78 is 6.35. The maximum Gasteiger partial charge on any atom is 0.251 e. The van der Waals surface area contributed by atoms with Gasteiger partial charge in [0.25, 0.3) is 5.91 Å². The maximum atomic E-state index is 12.5. The molecule has 0 radical (unpaired) electrons. The molecule has 1 aliphatic rings. The Labute approximate surface area is 150 Å². The fraction of sp³-hybridized carbons (Fsp3) is 0.316. The van der Waals surface area contributed by atoms with E-state index >= 15 is 0 Å². The van der Waals surface area contributed by atoms with Gasteiger partial charge in [-0.1, -0.05) is 0 Å². The van der Waals surface area contributed by atoms with Gasteiger partial charge in [0.05, 0.1) is 10.2 Å². The first kappa shape index (κ1) is 16.2. The van der Waals surface area contributed by atoms with E-state index in [0.717, 1.165) is 39.2 Å². The van der Waals surface area contributed by atoms with Crippen molar-refractivity contribution in [1.82, 2.24) is 15.3 Å². The third kappa shape index (κ3) is 3.55. The Morgan fingerprint density at radius 2 is 2.08 bits per heavy atom. The van der Waals surface area contributed by atoms with Crippen molar-refractivity contribution in [2.24, 2.45) is 0 Å². The van der Waals surface area contributed by atoms with Gasteiger partial charge in [0, 0.05) is 42.8 Å². The summed E-state index contributed by atoms with van der Waals surface area (Å²) in [5.41, 5.74) is 3.70. The number of carbonyl (C=O) groups is 1. The second-order valence-corrected chi connectivity index (χ2v) is 7.34. The van der Waals surface area contributed by atoms with Crippen LogP contribution in [0.3, 0.4) is 0 Å². The maximum absolute atomic E-state index is 12.5. The van der Waals surface area contributed by atoms with Gasteiger partial charge in [0.2, 0.25) is 0 Å². The van der Waals surface area contributed by atoms with Crippen molar-refractivity contribution < 1.29 is 9.53 Å². The quantitative estimate of drug-likeness (QED) is 0.782. The van der Waals surface area contributed by atoms with Gasteiger partial charge in [-0.15, -0.1) is 11.3 Å². The summed E-state index contributed by atoms with van der Waals surface area (Å²) in [7, 11) is 0. The van der Waals surface area contributed by atoms with Crippen LogP contribution in [0.1, 0.15) is 28.8 Å². The van der Waals surface area contributed by atoms with E-state index in [2.05, 4.69) is 21.4 Å². The van der Waals surface area contributed by atoms with E-state index in [9.17, 15) is 4.79 Å². The van der Waals surface area contributed by atoms with Crippen LogP contribution in [0.2, 0.25) is 0 Å². The Hall–Kier alpha value is -2.31. The Kier molecular flexibility index (Phi) is 4.46. The number of ether oxygens (including phenoxy) is 1. The molecule has 0 aliphatic carbocycles. The minimum Gasteiger partial charge on any atom is -0.381 e. The predicted molar refractivity (Wildman–Crippen MR) is 98.9 cm³/mol. The molecule has 1 aromatic carbocycles. The molecule has 1 aliphatic heterocycles. The minimum atomic E-state index is -0.0269. The fourth-order valence-electron chi connectivity index (χ4n) is 2.97. The minimum absolute atomic E-state index is 0.0269. The number of benzene rings is 1. The summed E-state index contributed by atoms with van der Waals surface area (Å²) >= 11 is 1.59. The van der Waals surface area contributed by atoms with Crippen LogP contribution in [0.25, 0.3) is 20.8 Å². The number of fused-ring (bicyclic) bond motifs is 1. The number of hydrogen-bond donors (Lipinski definition) is 1. The molecule has 25 heavy (non-hydrogen) atoms. The zero-order valence-electron chi connectivity index (χ0n) is 14.0. The molecule has 1 saturated heterocycles. The van der Waals surface area contributed by atoms with Gasteiger partial charge in [0.1, 0.15) is 5.01 Å². The number of amides is 1. The molecule has 1 fully saturated rings. The Morgan fingerprint density at radius 1 is 1.24 bits per heavy atom. The third-order valence-corrected chi connectivity index (χ3v) is 5.40. The lowest BCUT2D eigenvalue weighted by Gasteiger charge is -2.23. The number of hydrogen-bond acceptors (Lipinski definition) is 5. The molecule has 0 saturated carbocycles. The normalized spacial score (nSPS) is 15.4. The van der Waals surface area contributed by atoms with Crippen molar-refractivity contribution in [3.05, 3.63) is 47.8 Å². The smallest absolute Gasteiger partial charge is 0.251 e. The number of thiazole rings is 1. The summed E-state index contributed by atoms with van der Waals surface area (Å²) in [5.74, 6) is -0.0269. The van der Waals surface area contributed by atoms with Crippen molar-refractivity contribution in [2.75, 3.05) is 13.2 Å². The number of aromatic nitrogens is 2. The summed E-state index contributed by atoms with van der Waals surface area (Å²) in [6, 6.07) is 7.96. The van der Waals surface area contributed by atoms with E-state index in [4.69, 9.17) is 4.74 Å². The number of nitrogens with zero attached hydrogens (tertiary/aromatic N) is 2. The monoisotopic (exact) mass is 353 g/mol. The van der Waals surface area contributed by atoms with Crippen LogP contribution >= 0.6 is 11.3 Å². The highest BCUT2D eigenvalue weighted by Crippen LogP contribution is 2.30. The van der Waals surface area contributed by atoms with Crippen LogP contribution < -0.4 is 5.32 Å². The molecule has 0 unspecified atom stereocenters. The van der Waals surface area contributed by atoms with E-state index in [1.165, 1.54) is 0 Å². The lowest BCUT2D eigenvalue weighted by atomic mass is 10.1. The van der Waals surface area contributed by atoms with Gasteiger partial charge >= 0.3 is 0 Å². The predicted octanol–water partition coefficient (Wildman–Crippen LogP) is 3.58. The molecule has 6 heteroatoms. The Morgan fingerprint density at radius 3 is 2.88 bits per heavy atom. The van der Waals surface area contributed by atoms with Gasteiger partial charge in [-0.05, 0) is 49.6 Å². The van der Waals surface area contributed by atoms with Gasteiger partial charge in [-0.25, -0.2) is 4.98 Å². The standard InChI is InChI=1S/C19H19N3O2S/c1-12-8-14(11-20-10-12)19-22-16-3-2-13(9-17(16)25-19)18(23)21-15-4-6-24-7-5-15/h2-3,8-11,15H,4-7H2,1H3,(H,21,23). The molecule has 1 amide bonds. The fourth-order valence-corrected chi connectivity index (χ4v) is 3.96. The average molecular weight is 353 g/mol. The van der Waals surface area contributed by atoms with Gasteiger partial charge in [-0.3, -0.25) is 9.78 Å². The zero-order valence-corrected chi connectivity index (χ0v) is 14.8. The Balaban J connectivity index is 1.58. The topological polar surface area (TPSA) is 64.1 Å². The van der Waals surface area contributed by atoms with Crippen molar-refractivity contribution in [3.63, 3.8) is 0 Å². The largest absolute Gasteiger partial charge is 0.381 e. The highest BCUT2D eigenvalue weighted by atomic mass is 32.1. The molecule has 4 rings (SSSR count). The van der Waals surface area contributed by atoms with Gasteiger partial charge in [-0.2, -0.15) is 0 Å². The van der Waals surface area contributed by atoms with E-state index < -0.39 is 0 Å². The average Bonchev–Trinajstić information content (AvgIpc) is 3.06. The molecule has 0 spiro atoms. The summed E-state index contributed by atoms with van der Waals surface area (Å²) in [6.07, 6.45) is 5.40. The Bertz CT molecular complexity index is 916. The van der Waals surface area contributed by atoms with Crippen molar-refractivity contribution in [3.8, 4) is 10.6 Å². The van der Waals surface area contributed by atoms with Crippen LogP contribution in [-0.2, 0) is 4.74 Å². The first-order valence-corrected chi connectivity index (χ1v) is 9.22. The lowest BCUT2D eigenvalue weighted by molar-refractivity contribution is 0.0696. The van der Waals surface area contributed by atoms with Crippen LogP contribution in [0, 0.1) is 6.92 Å². The summed E-state index contributed by atoms with van der Waals surface area (Å²) in [5, 5.41) is 4.03. The summed E-state index contributed by atoms with van der Waals surface area (Å²) in [6.45, 7) is 3.45. The number of aryl methyl sites for hydroxylation is 1. The molecule has 3 heterocycles. The first-order chi connectivity index (χ1) is 12.2.